The molecule has 5 aliphatic rings. The molecule has 3 N–H and O–H groups in total. The lowest BCUT2D eigenvalue weighted by molar-refractivity contribution is -0.134. The molecule has 0 spiro atoms. The van der Waals surface area contributed by atoms with E-state index in [-0.39, 0.29) is 18.1 Å². The van der Waals surface area contributed by atoms with Crippen molar-refractivity contribution in [2.45, 2.75) is 69.7 Å². The van der Waals surface area contributed by atoms with Gasteiger partial charge in [-0.05, 0) is 100 Å². The van der Waals surface area contributed by atoms with Crippen LogP contribution in [0.5, 0.6) is 5.75 Å². The van der Waals surface area contributed by atoms with Gasteiger partial charge in [0, 0.05) is 74.1 Å². The molecule has 0 saturated carbocycles. The second-order valence-corrected chi connectivity index (χ2v) is 19.5. The highest BCUT2D eigenvalue weighted by Crippen LogP contribution is 2.43. The van der Waals surface area contributed by atoms with Gasteiger partial charge in [-0.15, -0.1) is 0 Å². The third-order valence-electron chi connectivity index (χ3n) is 13.3. The third kappa shape index (κ3) is 8.73. The highest BCUT2D eigenvalue weighted by molar-refractivity contribution is 7.92. The molecule has 328 valence electrons. The molecule has 0 aliphatic carbocycles. The Morgan fingerprint density at radius 3 is 2.48 bits per heavy atom. The number of benzene rings is 3. The molecule has 3 saturated heterocycles. The maximum Gasteiger partial charge on any atom is 0.234 e. The minimum absolute atomic E-state index is 0.229. The van der Waals surface area contributed by atoms with Crippen LogP contribution in [0.15, 0.2) is 54.7 Å². The van der Waals surface area contributed by atoms with Crippen molar-refractivity contribution >= 4 is 73.6 Å². The molecule has 9 rings (SSSR count). The van der Waals surface area contributed by atoms with Gasteiger partial charge in [-0.3, -0.25) is 19.2 Å². The number of carbonyl (C=O) groups excluding carboxylic acids is 2. The SMILES string of the molecule is CN(CCC1CCN(c2ccc(C3CCC(=O)NC3=O)c(F)c2)CC1)C1CCN(c2ccc(Nc3ncc(Cl)c(Nc4cccc5c4N(S(C)(=O)=O)CC5)n3)c3c2CCO3)CC1. The van der Waals surface area contributed by atoms with Crippen LogP contribution >= 0.6 is 11.6 Å². The Morgan fingerprint density at radius 1 is 0.935 bits per heavy atom. The number of rotatable bonds is 12. The predicted octanol–water partition coefficient (Wildman–Crippen LogP) is 6.74. The number of anilines is 7. The minimum Gasteiger partial charge on any atom is -0.491 e. The topological polar surface area (TPSA) is 152 Å². The monoisotopic (exact) mass is 885 g/mol. The molecular weight excluding hydrogens is 833 g/mol. The molecular formula is C45H53ClFN9O5S. The summed E-state index contributed by atoms with van der Waals surface area (Å²) in [4.78, 5) is 40.3. The standard InChI is InChI=1S/C45H53ClFN9O5S/c1-53(19-12-28-13-20-54(21-14-28)31-6-7-32(36(47)26-31)33-8-11-40(57)51-44(33)58)30-16-22-55(23-17-30)39-10-9-38(42-34(39)18-25-61-42)50-45-48-27-35(46)43(52-45)49-37-5-3-4-29-15-24-56(41(29)37)62(2,59)60/h3-7,9-10,26-28,30,33H,8,11-25H2,1-2H3,(H,51,57,58)(H2,48,49,50,52). The first-order valence-corrected chi connectivity index (χ1v) is 23.9. The van der Waals surface area contributed by atoms with Crippen LogP contribution in [0.25, 0.3) is 0 Å². The highest BCUT2D eigenvalue weighted by Gasteiger charge is 2.33. The van der Waals surface area contributed by atoms with Crippen molar-refractivity contribution < 1.29 is 27.1 Å². The Balaban J connectivity index is 0.767. The van der Waals surface area contributed by atoms with Gasteiger partial charge in [0.15, 0.2) is 5.82 Å². The Labute approximate surface area is 367 Å². The average Bonchev–Trinajstić information content (AvgIpc) is 3.94. The van der Waals surface area contributed by atoms with Crippen LogP contribution in [0.4, 0.5) is 44.6 Å². The fourth-order valence-corrected chi connectivity index (χ4v) is 11.0. The fraction of sp³-hybridized carbons (Fsp3) is 0.467. The van der Waals surface area contributed by atoms with Crippen LogP contribution in [0, 0.1) is 11.7 Å². The van der Waals surface area contributed by atoms with E-state index in [0.717, 1.165) is 93.9 Å². The molecule has 2 amide bonds. The molecule has 1 aromatic heterocycles. The molecule has 5 aliphatic heterocycles. The summed E-state index contributed by atoms with van der Waals surface area (Å²) < 4.78 is 47.9. The number of nitrogens with one attached hydrogen (secondary N) is 3. The number of sulfonamides is 1. The number of imide groups is 1. The van der Waals surface area contributed by atoms with Crippen LogP contribution in [-0.2, 0) is 32.5 Å². The summed E-state index contributed by atoms with van der Waals surface area (Å²) in [5.74, 6) is 0.393. The third-order valence-corrected chi connectivity index (χ3v) is 14.8. The molecule has 3 fully saturated rings. The Morgan fingerprint density at radius 2 is 1.73 bits per heavy atom. The molecule has 62 heavy (non-hydrogen) atoms. The Kier molecular flexibility index (Phi) is 11.9. The van der Waals surface area contributed by atoms with Crippen LogP contribution in [0.1, 0.15) is 67.6 Å². The van der Waals surface area contributed by atoms with Gasteiger partial charge in [-0.2, -0.15) is 4.98 Å². The van der Waals surface area contributed by atoms with Crippen LogP contribution < -0.4 is 34.8 Å². The zero-order chi connectivity index (χ0) is 43.1. The van der Waals surface area contributed by atoms with Crippen molar-refractivity contribution in [3.05, 3.63) is 82.3 Å². The summed E-state index contributed by atoms with van der Waals surface area (Å²) in [6.07, 6.45) is 10.1. The first kappa shape index (κ1) is 42.1. The molecule has 1 atom stereocenters. The normalized spacial score (nSPS) is 19.7. The summed E-state index contributed by atoms with van der Waals surface area (Å²) in [6, 6.07) is 15.5. The van der Waals surface area contributed by atoms with E-state index in [1.165, 1.54) is 28.0 Å². The van der Waals surface area contributed by atoms with Crippen LogP contribution in [0.3, 0.4) is 0 Å². The quantitative estimate of drug-likeness (QED) is 0.129. The molecule has 4 aromatic rings. The van der Waals surface area contributed by atoms with E-state index < -0.39 is 21.8 Å². The second kappa shape index (κ2) is 17.5. The number of hydrogen-bond donors (Lipinski definition) is 3. The fourth-order valence-electron chi connectivity index (χ4n) is 9.87. The zero-order valence-corrected chi connectivity index (χ0v) is 36.7. The van der Waals surface area contributed by atoms with Crippen molar-refractivity contribution in [1.82, 2.24) is 20.2 Å². The summed E-state index contributed by atoms with van der Waals surface area (Å²) in [5.41, 5.74) is 6.51. The molecule has 0 radical (unpaired) electrons. The van der Waals surface area contributed by atoms with Gasteiger partial charge in [-0.25, -0.2) is 17.8 Å². The van der Waals surface area contributed by atoms with E-state index in [2.05, 4.69) is 53.7 Å². The summed E-state index contributed by atoms with van der Waals surface area (Å²) in [6.45, 7) is 5.70. The molecule has 0 bridgehead atoms. The maximum absolute atomic E-state index is 15.2. The number of carbonyl (C=O) groups is 2. The van der Waals surface area contributed by atoms with Crippen molar-refractivity contribution in [1.29, 1.82) is 0 Å². The van der Waals surface area contributed by atoms with Crippen molar-refractivity contribution in [2.75, 3.05) is 83.9 Å². The maximum atomic E-state index is 15.2. The number of aromatic nitrogens is 2. The Hall–Kier alpha value is -5.19. The van der Waals surface area contributed by atoms with E-state index in [0.29, 0.717) is 71.7 Å². The molecule has 17 heteroatoms. The van der Waals surface area contributed by atoms with E-state index >= 15 is 4.39 Å². The molecule has 6 heterocycles. The smallest absolute Gasteiger partial charge is 0.234 e. The largest absolute Gasteiger partial charge is 0.491 e. The van der Waals surface area contributed by atoms with Crippen LogP contribution in [-0.4, -0.2) is 100 Å². The minimum atomic E-state index is -3.46. The van der Waals surface area contributed by atoms with Gasteiger partial charge in [0.05, 0.1) is 42.0 Å². The van der Waals surface area contributed by atoms with Crippen LogP contribution in [0.2, 0.25) is 5.02 Å². The van der Waals surface area contributed by atoms with Gasteiger partial charge in [0.1, 0.15) is 16.6 Å². The lowest BCUT2D eigenvalue weighted by Gasteiger charge is -2.39. The number of para-hydroxylation sites is 1. The van der Waals surface area contributed by atoms with E-state index in [9.17, 15) is 18.0 Å². The number of nitrogens with zero attached hydrogens (tertiary/aromatic N) is 6. The number of ether oxygens (including phenoxy) is 1. The number of halogens is 2. The second-order valence-electron chi connectivity index (χ2n) is 17.2. The number of amides is 2. The van der Waals surface area contributed by atoms with Gasteiger partial charge in [0.25, 0.3) is 0 Å². The molecule has 1 unspecified atom stereocenters. The van der Waals surface area contributed by atoms with E-state index in [1.54, 1.807) is 12.1 Å². The summed E-state index contributed by atoms with van der Waals surface area (Å²) in [5, 5.41) is 9.25. The van der Waals surface area contributed by atoms with E-state index in [4.69, 9.17) is 16.3 Å². The lowest BCUT2D eigenvalue weighted by atomic mass is 9.89. The molecule has 14 nitrogen and oxygen atoms in total. The zero-order valence-electron chi connectivity index (χ0n) is 35.1. The predicted molar refractivity (Wildman–Crippen MR) is 241 cm³/mol. The van der Waals surface area contributed by atoms with Crippen molar-refractivity contribution in [3.63, 3.8) is 0 Å². The number of hydrogen-bond acceptors (Lipinski definition) is 12. The van der Waals surface area contributed by atoms with Gasteiger partial charge >= 0.3 is 0 Å². The first-order chi connectivity index (χ1) is 29.9. The Bertz CT molecular complexity index is 2480. The van der Waals surface area contributed by atoms with Gasteiger partial charge in [-0.1, -0.05) is 29.8 Å². The average molecular weight is 886 g/mol. The number of fused-ring (bicyclic) bond motifs is 2. The number of piperidine rings is 3. The van der Waals surface area contributed by atoms with Gasteiger partial charge < -0.3 is 30.1 Å². The van der Waals surface area contributed by atoms with Gasteiger partial charge in [0.2, 0.25) is 27.8 Å². The molecule has 3 aromatic carbocycles. The summed E-state index contributed by atoms with van der Waals surface area (Å²) in [7, 11) is -1.20. The highest BCUT2D eigenvalue weighted by atomic mass is 35.5. The summed E-state index contributed by atoms with van der Waals surface area (Å²) >= 11 is 6.56. The lowest BCUT2D eigenvalue weighted by Crippen LogP contribution is -2.44. The first-order valence-electron chi connectivity index (χ1n) is 21.7. The van der Waals surface area contributed by atoms with Crippen molar-refractivity contribution in [3.8, 4) is 5.75 Å². The van der Waals surface area contributed by atoms with Crippen molar-refractivity contribution in [2.24, 2.45) is 5.92 Å². The van der Waals surface area contributed by atoms with E-state index in [1.807, 2.05) is 30.3 Å².